The number of hydrogen-bond donors (Lipinski definition) is 0. The minimum Gasteiger partial charge on any atom is -0.313 e. The summed E-state index contributed by atoms with van der Waals surface area (Å²) >= 11 is 0. The summed E-state index contributed by atoms with van der Waals surface area (Å²) in [6, 6.07) is 28.5. The van der Waals surface area contributed by atoms with E-state index in [9.17, 15) is 0 Å². The number of pyridine rings is 1. The maximum absolute atomic E-state index is 4.47. The van der Waals surface area contributed by atoms with Gasteiger partial charge in [-0.2, -0.15) is 0 Å². The summed E-state index contributed by atoms with van der Waals surface area (Å²) in [5.41, 5.74) is 9.20. The molecule has 0 radical (unpaired) electrons. The van der Waals surface area contributed by atoms with E-state index in [4.69, 9.17) is 0 Å². The van der Waals surface area contributed by atoms with Gasteiger partial charge in [0.15, 0.2) is 0 Å². The molecule has 3 nitrogen and oxygen atoms in total. The van der Waals surface area contributed by atoms with Crippen molar-refractivity contribution in [3.05, 3.63) is 103 Å². The fraction of sp³-hybridized carbons (Fsp3) is 0.138. The summed E-state index contributed by atoms with van der Waals surface area (Å²) in [6.45, 7) is 0. The SMILES string of the molecule is c1ccc(-n2c3c(c4cc5c6cnccc6n(-c6ccccc6)c5cc42)CCCC3)cc1. The van der Waals surface area contributed by atoms with Crippen molar-refractivity contribution in [2.45, 2.75) is 25.7 Å². The van der Waals surface area contributed by atoms with E-state index in [0.717, 1.165) is 12.8 Å². The number of rotatable bonds is 2. The van der Waals surface area contributed by atoms with E-state index in [0.29, 0.717) is 0 Å². The second-order valence-electron chi connectivity index (χ2n) is 8.75. The molecule has 0 spiro atoms. The first-order chi connectivity index (χ1) is 15.9. The molecule has 32 heavy (non-hydrogen) atoms. The van der Waals surface area contributed by atoms with Crippen molar-refractivity contribution >= 4 is 32.7 Å². The van der Waals surface area contributed by atoms with Gasteiger partial charge >= 0.3 is 0 Å². The third-order valence-electron chi connectivity index (χ3n) is 6.99. The first kappa shape index (κ1) is 17.8. The van der Waals surface area contributed by atoms with Crippen molar-refractivity contribution in [3.8, 4) is 11.4 Å². The molecule has 3 aromatic heterocycles. The Morgan fingerprint density at radius 3 is 2.06 bits per heavy atom. The average molecular weight is 414 g/mol. The number of nitrogens with zero attached hydrogens (tertiary/aromatic N) is 3. The maximum atomic E-state index is 4.47. The smallest absolute Gasteiger partial charge is 0.0571 e. The molecule has 0 fully saturated rings. The van der Waals surface area contributed by atoms with Crippen LogP contribution in [0.2, 0.25) is 0 Å². The van der Waals surface area contributed by atoms with Crippen LogP contribution in [0, 0.1) is 0 Å². The van der Waals surface area contributed by atoms with E-state index >= 15 is 0 Å². The van der Waals surface area contributed by atoms with E-state index in [1.807, 2.05) is 12.4 Å². The minimum absolute atomic E-state index is 1.14. The number of benzene rings is 3. The quantitative estimate of drug-likeness (QED) is 0.300. The van der Waals surface area contributed by atoms with Crippen molar-refractivity contribution in [3.63, 3.8) is 0 Å². The molecular weight excluding hydrogens is 390 g/mol. The fourth-order valence-corrected chi connectivity index (χ4v) is 5.62. The summed E-state index contributed by atoms with van der Waals surface area (Å²) < 4.78 is 4.89. The van der Waals surface area contributed by atoms with E-state index in [2.05, 4.69) is 93.0 Å². The van der Waals surface area contributed by atoms with Crippen LogP contribution in [-0.2, 0) is 12.8 Å². The zero-order valence-electron chi connectivity index (χ0n) is 17.8. The Balaban J connectivity index is 1.66. The summed E-state index contributed by atoms with van der Waals surface area (Å²) in [7, 11) is 0. The molecule has 0 saturated carbocycles. The Morgan fingerprint density at radius 1 is 0.594 bits per heavy atom. The Hall–Kier alpha value is -3.85. The predicted molar refractivity (Wildman–Crippen MR) is 132 cm³/mol. The molecule has 0 saturated heterocycles. The average Bonchev–Trinajstić information content (AvgIpc) is 3.36. The highest BCUT2D eigenvalue weighted by Crippen LogP contribution is 2.40. The Morgan fingerprint density at radius 2 is 1.28 bits per heavy atom. The van der Waals surface area contributed by atoms with Crippen molar-refractivity contribution in [1.29, 1.82) is 0 Å². The molecule has 6 aromatic rings. The lowest BCUT2D eigenvalue weighted by atomic mass is 9.95. The number of fused-ring (bicyclic) bond motifs is 6. The van der Waals surface area contributed by atoms with Gasteiger partial charge in [-0.25, -0.2) is 0 Å². The second kappa shape index (κ2) is 6.83. The number of hydrogen-bond acceptors (Lipinski definition) is 1. The van der Waals surface area contributed by atoms with Crippen LogP contribution in [0.25, 0.3) is 44.1 Å². The third kappa shape index (κ3) is 2.45. The molecular formula is C29H23N3. The van der Waals surface area contributed by atoms with Crippen LogP contribution < -0.4 is 0 Å². The van der Waals surface area contributed by atoms with E-state index in [1.165, 1.54) is 68.2 Å². The number of aryl methyl sites for hydroxylation is 1. The molecule has 0 bridgehead atoms. The summed E-state index contributed by atoms with van der Waals surface area (Å²) in [6.07, 6.45) is 8.75. The number of para-hydroxylation sites is 2. The van der Waals surface area contributed by atoms with Gasteiger partial charge in [-0.3, -0.25) is 4.98 Å². The number of aromatic nitrogens is 3. The minimum atomic E-state index is 1.14. The van der Waals surface area contributed by atoms with E-state index in [1.54, 1.807) is 0 Å². The lowest BCUT2D eigenvalue weighted by molar-refractivity contribution is 0.667. The lowest BCUT2D eigenvalue weighted by Gasteiger charge is -2.16. The molecule has 0 N–H and O–H groups in total. The first-order valence-corrected chi connectivity index (χ1v) is 11.5. The summed E-state index contributed by atoms with van der Waals surface area (Å²) in [5, 5.41) is 3.89. The maximum Gasteiger partial charge on any atom is 0.0571 e. The van der Waals surface area contributed by atoms with Gasteiger partial charge in [0.1, 0.15) is 0 Å². The Labute approximate surface area is 186 Å². The van der Waals surface area contributed by atoms with Gasteiger partial charge in [0.25, 0.3) is 0 Å². The van der Waals surface area contributed by atoms with Crippen LogP contribution in [0.4, 0.5) is 0 Å². The van der Waals surface area contributed by atoms with Gasteiger partial charge in [-0.15, -0.1) is 0 Å². The largest absolute Gasteiger partial charge is 0.313 e. The molecule has 0 atom stereocenters. The van der Waals surface area contributed by atoms with Crippen molar-refractivity contribution in [1.82, 2.24) is 14.1 Å². The highest BCUT2D eigenvalue weighted by atomic mass is 15.0. The molecule has 0 unspecified atom stereocenters. The zero-order chi connectivity index (χ0) is 21.1. The highest BCUT2D eigenvalue weighted by Gasteiger charge is 2.23. The van der Waals surface area contributed by atoms with Gasteiger partial charge in [0.05, 0.1) is 16.6 Å². The Kier molecular flexibility index (Phi) is 3.80. The molecule has 3 heterocycles. The van der Waals surface area contributed by atoms with Crippen LogP contribution in [0.15, 0.2) is 91.3 Å². The van der Waals surface area contributed by atoms with Crippen molar-refractivity contribution < 1.29 is 0 Å². The Bertz CT molecular complexity index is 1600. The van der Waals surface area contributed by atoms with Gasteiger partial charge < -0.3 is 9.13 Å². The molecule has 0 aliphatic heterocycles. The molecule has 0 amide bonds. The highest BCUT2D eigenvalue weighted by molar-refractivity contribution is 6.13. The van der Waals surface area contributed by atoms with Crippen LogP contribution in [0.5, 0.6) is 0 Å². The van der Waals surface area contributed by atoms with Crippen LogP contribution in [0.1, 0.15) is 24.1 Å². The zero-order valence-corrected chi connectivity index (χ0v) is 17.8. The van der Waals surface area contributed by atoms with Crippen LogP contribution >= 0.6 is 0 Å². The normalized spacial score (nSPS) is 13.8. The van der Waals surface area contributed by atoms with E-state index in [-0.39, 0.29) is 0 Å². The standard InChI is InChI=1S/C29H23N3/c1-3-9-20(10-4-1)31-26-14-8-7-13-22(26)23-17-24-25-19-30-16-15-27(25)32(29(24)18-28(23)31)21-11-5-2-6-12-21/h1-6,9-12,15-19H,7-8,13-14H2. The molecule has 1 aliphatic carbocycles. The molecule has 1 aliphatic rings. The monoisotopic (exact) mass is 413 g/mol. The molecule has 3 heteroatoms. The van der Waals surface area contributed by atoms with Crippen LogP contribution in [0.3, 0.4) is 0 Å². The third-order valence-corrected chi connectivity index (χ3v) is 6.99. The van der Waals surface area contributed by atoms with E-state index < -0.39 is 0 Å². The van der Waals surface area contributed by atoms with Crippen LogP contribution in [-0.4, -0.2) is 14.1 Å². The first-order valence-electron chi connectivity index (χ1n) is 11.5. The fourth-order valence-electron chi connectivity index (χ4n) is 5.62. The molecule has 3 aromatic carbocycles. The van der Waals surface area contributed by atoms with Crippen molar-refractivity contribution in [2.24, 2.45) is 0 Å². The van der Waals surface area contributed by atoms with Gasteiger partial charge in [0, 0.05) is 45.6 Å². The lowest BCUT2D eigenvalue weighted by Crippen LogP contribution is -2.06. The summed E-state index contributed by atoms with van der Waals surface area (Å²) in [5.74, 6) is 0. The van der Waals surface area contributed by atoms with Crippen molar-refractivity contribution in [2.75, 3.05) is 0 Å². The summed E-state index contributed by atoms with van der Waals surface area (Å²) in [4.78, 5) is 4.47. The van der Waals surface area contributed by atoms with Gasteiger partial charge in [-0.1, -0.05) is 36.4 Å². The second-order valence-corrected chi connectivity index (χ2v) is 8.75. The topological polar surface area (TPSA) is 22.8 Å². The van der Waals surface area contributed by atoms with Gasteiger partial charge in [0.2, 0.25) is 0 Å². The molecule has 154 valence electrons. The molecule has 7 rings (SSSR count). The predicted octanol–water partition coefficient (Wildman–Crippen LogP) is 7.00. The van der Waals surface area contributed by atoms with Gasteiger partial charge in [-0.05, 0) is 73.7 Å².